The first-order valence-corrected chi connectivity index (χ1v) is 8.73. The maximum atomic E-state index is 12.6. The fraction of sp³-hybridized carbons (Fsp3) is 0.211. The molecule has 0 saturated carbocycles. The molecule has 0 fully saturated rings. The Morgan fingerprint density at radius 2 is 1.63 bits per heavy atom. The Morgan fingerprint density at radius 3 is 2.15 bits per heavy atom. The number of rotatable bonds is 3. The minimum Gasteiger partial charge on any atom is -0.508 e. The topological polar surface area (TPSA) is 89.1 Å². The van der Waals surface area contributed by atoms with Crippen LogP contribution in [0.5, 0.6) is 17.2 Å². The van der Waals surface area contributed by atoms with E-state index in [1.807, 2.05) is 13.8 Å². The van der Waals surface area contributed by atoms with Gasteiger partial charge in [-0.05, 0) is 36.1 Å². The maximum Gasteiger partial charge on any atom is 0.210 e. The Kier molecular flexibility index (Phi) is 11.5. The zero-order chi connectivity index (χ0) is 19.7. The van der Waals surface area contributed by atoms with E-state index in [1.54, 1.807) is 18.4 Å². The number of phenols is 1. The zero-order valence-electron chi connectivity index (χ0n) is 15.3. The molecule has 3 rings (SSSR count). The van der Waals surface area contributed by atoms with Gasteiger partial charge in [0.15, 0.2) is 5.58 Å². The van der Waals surface area contributed by atoms with E-state index >= 15 is 0 Å². The van der Waals surface area contributed by atoms with Gasteiger partial charge in [0.1, 0.15) is 12.0 Å². The predicted octanol–water partition coefficient (Wildman–Crippen LogP) is 4.60. The molecule has 0 aliphatic carbocycles. The summed E-state index contributed by atoms with van der Waals surface area (Å²) in [6.07, 6.45) is 3.00. The molecule has 0 unspecified atom stereocenters. The van der Waals surface area contributed by atoms with Crippen LogP contribution >= 0.6 is 12.6 Å². The average Bonchev–Trinajstić information content (AvgIpc) is 2.71. The van der Waals surface area contributed by atoms with Gasteiger partial charge in [0, 0.05) is 21.1 Å². The molecule has 1 heterocycles. The number of benzene rings is 2. The molecule has 3 aromatic rings. The molecule has 0 spiro atoms. The van der Waals surface area contributed by atoms with Crippen LogP contribution in [0.3, 0.4) is 0 Å². The van der Waals surface area contributed by atoms with E-state index in [0.29, 0.717) is 16.5 Å². The Bertz CT molecular complexity index is 893. The fourth-order valence-electron chi connectivity index (χ4n) is 2.26. The first-order chi connectivity index (χ1) is 12.7. The van der Waals surface area contributed by atoms with Gasteiger partial charge in [-0.15, -0.1) is 0 Å². The summed E-state index contributed by atoms with van der Waals surface area (Å²) >= 11 is 3.53. The summed E-state index contributed by atoms with van der Waals surface area (Å²) in [5.74, 6) is 0.297. The Morgan fingerprint density at radius 1 is 1.04 bits per heavy atom. The number of thiol groups is 1. The van der Waals surface area contributed by atoms with E-state index in [2.05, 4.69) is 17.5 Å². The van der Waals surface area contributed by atoms with Crippen LogP contribution in [0.25, 0.3) is 22.1 Å². The van der Waals surface area contributed by atoms with Crippen molar-refractivity contribution in [2.45, 2.75) is 13.8 Å². The van der Waals surface area contributed by atoms with Crippen molar-refractivity contribution in [3.63, 3.8) is 0 Å². The summed E-state index contributed by atoms with van der Waals surface area (Å²) in [7, 11) is 1.38. The number of hydrogen-bond acceptors (Lipinski definition) is 7. The third-order valence-electron chi connectivity index (χ3n) is 3.34. The number of fused-ring (bicyclic) bond motifs is 1. The number of hydrogen-bond donors (Lipinski definition) is 3. The van der Waals surface area contributed by atoms with Crippen molar-refractivity contribution in [3.05, 3.63) is 52.9 Å². The summed E-state index contributed by atoms with van der Waals surface area (Å²) in [5.41, 5.74) is 0.901. The van der Waals surface area contributed by atoms with Crippen LogP contribution in [0.1, 0.15) is 13.8 Å². The van der Waals surface area contributed by atoms with Crippen molar-refractivity contribution in [2.24, 2.45) is 0 Å². The van der Waals surface area contributed by atoms with Crippen molar-refractivity contribution in [1.82, 2.24) is 0 Å². The number of methoxy groups -OCH3 is 1. The zero-order valence-corrected chi connectivity index (χ0v) is 18.5. The molecular weight excluding hydrogens is 551 g/mol. The molecule has 2 aromatic carbocycles. The minimum atomic E-state index is -0.255. The molecule has 0 atom stereocenters. The molecule has 6 nitrogen and oxygen atoms in total. The summed E-state index contributed by atoms with van der Waals surface area (Å²) in [6.45, 7) is 4.00. The Balaban J connectivity index is 0.00000127. The Labute approximate surface area is 177 Å². The van der Waals surface area contributed by atoms with E-state index in [0.717, 1.165) is 0 Å². The molecule has 0 saturated heterocycles. The second-order valence-corrected chi connectivity index (χ2v) is 4.59. The van der Waals surface area contributed by atoms with Gasteiger partial charge in [0.05, 0.1) is 18.1 Å². The largest absolute Gasteiger partial charge is 0.508 e. The van der Waals surface area contributed by atoms with Gasteiger partial charge >= 0.3 is 0 Å². The van der Waals surface area contributed by atoms with Crippen molar-refractivity contribution < 1.29 is 45.5 Å². The number of ether oxygens (including phenoxy) is 1. The van der Waals surface area contributed by atoms with E-state index in [4.69, 9.17) is 14.4 Å². The summed E-state index contributed by atoms with van der Waals surface area (Å²) in [6, 6.07) is 9.12. The van der Waals surface area contributed by atoms with Crippen LogP contribution in [0.15, 0.2) is 51.9 Å². The molecule has 0 aliphatic heterocycles. The average molecular weight is 574 g/mol. The smallest absolute Gasteiger partial charge is 0.210 e. The molecule has 150 valence electrons. The normalized spacial score (nSPS) is 9.11. The van der Waals surface area contributed by atoms with Crippen LogP contribution < -0.4 is 15.1 Å². The fourth-order valence-corrected chi connectivity index (χ4v) is 2.26. The summed E-state index contributed by atoms with van der Waals surface area (Å²) in [4.78, 5) is 16.8. The van der Waals surface area contributed by atoms with E-state index in [-0.39, 0.29) is 49.3 Å². The van der Waals surface area contributed by atoms with Gasteiger partial charge in [0.25, 0.3) is 0 Å². The second kappa shape index (κ2) is 12.4. The van der Waals surface area contributed by atoms with Crippen molar-refractivity contribution in [1.29, 1.82) is 0 Å². The quantitative estimate of drug-likeness (QED) is 0.241. The van der Waals surface area contributed by atoms with Crippen LogP contribution in [0.2, 0.25) is 0 Å². The monoisotopic (exact) mass is 573 g/mol. The van der Waals surface area contributed by atoms with Crippen molar-refractivity contribution in [2.75, 3.05) is 13.4 Å². The van der Waals surface area contributed by atoms with Gasteiger partial charge in [-0.3, -0.25) is 4.79 Å². The SMILES string of the molecule is CC.COc1c(OO)ccc2c(=O)c(-c3ccc(O)cc3)coc12.CS.[Pt]. The molecular formula is C19H22O6PtS. The first-order valence-electron chi connectivity index (χ1n) is 7.83. The minimum absolute atomic E-state index is 0. The van der Waals surface area contributed by atoms with Crippen LogP contribution in [-0.4, -0.2) is 23.7 Å². The molecule has 8 heteroatoms. The third-order valence-corrected chi connectivity index (χ3v) is 3.34. The van der Waals surface area contributed by atoms with Gasteiger partial charge in [-0.25, -0.2) is 5.26 Å². The van der Waals surface area contributed by atoms with Crippen molar-refractivity contribution in [3.8, 4) is 28.4 Å². The van der Waals surface area contributed by atoms with Crippen LogP contribution in [-0.2, 0) is 21.1 Å². The van der Waals surface area contributed by atoms with E-state index in [1.165, 1.54) is 37.6 Å². The van der Waals surface area contributed by atoms with E-state index < -0.39 is 0 Å². The second-order valence-electron chi connectivity index (χ2n) is 4.59. The number of aromatic hydroxyl groups is 1. The molecule has 2 N–H and O–H groups in total. The number of phenolic OH excluding ortho intramolecular Hbond substituents is 1. The molecule has 0 bridgehead atoms. The molecule has 1 aromatic heterocycles. The standard InChI is InChI=1S/C16H12O6.C2H6.CH4S.Pt/c1-20-16-13(22-19)7-6-11-14(18)12(8-21-15(11)16)9-2-4-10(17)5-3-9;2*1-2;/h2-8,17,19H,1H3;1-2H3;2H,1H3;. The van der Waals surface area contributed by atoms with Gasteiger partial charge in [0.2, 0.25) is 16.9 Å². The third kappa shape index (κ3) is 5.51. The first kappa shape index (κ1) is 25.0. The summed E-state index contributed by atoms with van der Waals surface area (Å²) < 4.78 is 10.6. The molecule has 0 amide bonds. The summed E-state index contributed by atoms with van der Waals surface area (Å²) in [5, 5.41) is 18.4. The van der Waals surface area contributed by atoms with Gasteiger partial charge in [-0.1, -0.05) is 26.0 Å². The predicted molar refractivity (Wildman–Crippen MR) is 106 cm³/mol. The van der Waals surface area contributed by atoms with E-state index in [9.17, 15) is 9.90 Å². The van der Waals surface area contributed by atoms with Crippen molar-refractivity contribution >= 4 is 23.6 Å². The van der Waals surface area contributed by atoms with Crippen LogP contribution in [0.4, 0.5) is 0 Å². The Hall–Kier alpha value is -1.95. The van der Waals surface area contributed by atoms with Gasteiger partial charge in [-0.2, -0.15) is 12.6 Å². The molecule has 0 radical (unpaired) electrons. The maximum absolute atomic E-state index is 12.6. The molecule has 0 aliphatic rings. The van der Waals surface area contributed by atoms with Gasteiger partial charge < -0.3 is 19.1 Å². The van der Waals surface area contributed by atoms with Crippen LogP contribution in [0, 0.1) is 0 Å². The molecule has 27 heavy (non-hydrogen) atoms.